The summed E-state index contributed by atoms with van der Waals surface area (Å²) in [6.07, 6.45) is 3.77. The van der Waals surface area contributed by atoms with Crippen molar-refractivity contribution in [2.24, 2.45) is 7.05 Å². The zero-order valence-corrected chi connectivity index (χ0v) is 14.5. The first-order valence-corrected chi connectivity index (χ1v) is 8.37. The van der Waals surface area contributed by atoms with E-state index < -0.39 is 0 Å². The summed E-state index contributed by atoms with van der Waals surface area (Å²) in [5.74, 6) is 4.12. The number of anilines is 1. The number of fused-ring (bicyclic) bond motifs is 2. The highest BCUT2D eigenvalue weighted by Gasteiger charge is 2.25. The lowest BCUT2D eigenvalue weighted by Crippen LogP contribution is -2.32. The normalized spacial score (nSPS) is 17.5. The van der Waals surface area contributed by atoms with Crippen LogP contribution in [0.15, 0.2) is 6.20 Å². The Bertz CT molecular complexity index is 891. The maximum absolute atomic E-state index is 4.59. The number of aryl methyl sites for hydroxylation is 3. The van der Waals surface area contributed by atoms with Gasteiger partial charge in [-0.15, -0.1) is 10.2 Å². The van der Waals surface area contributed by atoms with Crippen molar-refractivity contribution in [1.29, 1.82) is 0 Å². The molecule has 8 nitrogen and oxygen atoms in total. The molecule has 1 N–H and O–H groups in total. The van der Waals surface area contributed by atoms with Crippen LogP contribution in [0.25, 0.3) is 11.0 Å². The molecule has 0 bridgehead atoms. The van der Waals surface area contributed by atoms with Crippen LogP contribution in [-0.2, 0) is 20.0 Å². The maximum atomic E-state index is 4.59. The highest BCUT2D eigenvalue weighted by molar-refractivity contribution is 5.86. The van der Waals surface area contributed by atoms with Crippen LogP contribution in [-0.4, -0.2) is 40.6 Å². The van der Waals surface area contributed by atoms with Gasteiger partial charge in [-0.05, 0) is 13.3 Å². The SMILES string of the molecule is Cc1nc(N[C@H]2CCc3nnc(C(C)C)n3C2)c2cnn(C)c2n1. The monoisotopic (exact) mass is 326 g/mol. The van der Waals surface area contributed by atoms with E-state index in [2.05, 4.69) is 49.0 Å². The van der Waals surface area contributed by atoms with Crippen LogP contribution in [0.3, 0.4) is 0 Å². The number of rotatable bonds is 3. The molecule has 0 fully saturated rings. The van der Waals surface area contributed by atoms with Crippen molar-refractivity contribution in [3.63, 3.8) is 0 Å². The Balaban J connectivity index is 1.64. The van der Waals surface area contributed by atoms with Gasteiger partial charge in [-0.25, -0.2) is 9.97 Å². The molecule has 1 aliphatic heterocycles. The zero-order valence-electron chi connectivity index (χ0n) is 14.5. The average molecular weight is 326 g/mol. The predicted molar refractivity (Wildman–Crippen MR) is 90.9 cm³/mol. The summed E-state index contributed by atoms with van der Waals surface area (Å²) in [7, 11) is 1.90. The van der Waals surface area contributed by atoms with Gasteiger partial charge >= 0.3 is 0 Å². The summed E-state index contributed by atoms with van der Waals surface area (Å²) >= 11 is 0. The largest absolute Gasteiger partial charge is 0.365 e. The Morgan fingerprint density at radius 3 is 2.88 bits per heavy atom. The molecule has 4 heterocycles. The van der Waals surface area contributed by atoms with Gasteiger partial charge in [-0.1, -0.05) is 13.8 Å². The molecule has 126 valence electrons. The van der Waals surface area contributed by atoms with Crippen molar-refractivity contribution in [2.75, 3.05) is 5.32 Å². The standard InChI is InChI=1S/C16H22N8/c1-9(2)15-22-21-13-6-5-11(8-24(13)15)20-14-12-7-17-23(4)16(12)19-10(3)18-14/h7,9,11H,5-6,8H2,1-4H3,(H,18,19,20)/t11-/m0/s1. The third-order valence-corrected chi connectivity index (χ3v) is 4.54. The average Bonchev–Trinajstić information content (AvgIpc) is 3.11. The van der Waals surface area contributed by atoms with Crippen LogP contribution in [0.2, 0.25) is 0 Å². The molecule has 8 heteroatoms. The molecular formula is C16H22N8. The van der Waals surface area contributed by atoms with Gasteiger partial charge in [0.1, 0.15) is 23.3 Å². The van der Waals surface area contributed by atoms with Crippen molar-refractivity contribution in [2.45, 2.75) is 52.1 Å². The van der Waals surface area contributed by atoms with E-state index in [4.69, 9.17) is 0 Å². The molecule has 1 atom stereocenters. The lowest BCUT2D eigenvalue weighted by molar-refractivity contribution is 0.459. The Morgan fingerprint density at radius 1 is 1.25 bits per heavy atom. The van der Waals surface area contributed by atoms with Crippen LogP contribution < -0.4 is 5.32 Å². The van der Waals surface area contributed by atoms with Gasteiger partial charge in [0.15, 0.2) is 5.65 Å². The molecule has 0 amide bonds. The third kappa shape index (κ3) is 2.42. The van der Waals surface area contributed by atoms with Crippen LogP contribution in [0.5, 0.6) is 0 Å². The van der Waals surface area contributed by atoms with Gasteiger partial charge in [0.25, 0.3) is 0 Å². The minimum atomic E-state index is 0.295. The van der Waals surface area contributed by atoms with E-state index in [1.807, 2.05) is 20.2 Å². The summed E-state index contributed by atoms with van der Waals surface area (Å²) in [5, 5.41) is 17.5. The summed E-state index contributed by atoms with van der Waals surface area (Å²) in [4.78, 5) is 9.07. The predicted octanol–water partition coefficient (Wildman–Crippen LogP) is 1.81. The molecule has 0 aromatic carbocycles. The number of hydrogen-bond donors (Lipinski definition) is 1. The van der Waals surface area contributed by atoms with Gasteiger partial charge in [-0.3, -0.25) is 4.68 Å². The van der Waals surface area contributed by atoms with Gasteiger partial charge < -0.3 is 9.88 Å². The number of aromatic nitrogens is 7. The maximum Gasteiger partial charge on any atom is 0.163 e. The summed E-state index contributed by atoms with van der Waals surface area (Å²) in [5.41, 5.74) is 0.855. The molecule has 0 unspecified atom stereocenters. The van der Waals surface area contributed by atoms with Crippen LogP contribution in [0.1, 0.15) is 43.7 Å². The smallest absolute Gasteiger partial charge is 0.163 e. The first-order valence-electron chi connectivity index (χ1n) is 8.37. The van der Waals surface area contributed by atoms with Crippen molar-refractivity contribution in [3.05, 3.63) is 23.7 Å². The summed E-state index contributed by atoms with van der Waals surface area (Å²) in [6, 6.07) is 0.295. The zero-order chi connectivity index (χ0) is 16.8. The van der Waals surface area contributed by atoms with Crippen molar-refractivity contribution < 1.29 is 0 Å². The molecule has 1 aliphatic rings. The Hall–Kier alpha value is -2.51. The fourth-order valence-corrected chi connectivity index (χ4v) is 3.33. The Kier molecular flexibility index (Phi) is 3.47. The molecule has 3 aromatic rings. The van der Waals surface area contributed by atoms with E-state index in [9.17, 15) is 0 Å². The lowest BCUT2D eigenvalue weighted by atomic mass is 10.1. The van der Waals surface area contributed by atoms with E-state index in [1.165, 1.54) is 0 Å². The van der Waals surface area contributed by atoms with E-state index in [0.29, 0.717) is 12.0 Å². The minimum Gasteiger partial charge on any atom is -0.365 e. The Morgan fingerprint density at radius 2 is 2.08 bits per heavy atom. The summed E-state index contributed by atoms with van der Waals surface area (Å²) in [6.45, 7) is 7.08. The van der Waals surface area contributed by atoms with Crippen LogP contribution in [0.4, 0.5) is 5.82 Å². The second-order valence-corrected chi connectivity index (χ2v) is 6.74. The fraction of sp³-hybridized carbons (Fsp3) is 0.562. The topological polar surface area (TPSA) is 86.3 Å². The first-order chi connectivity index (χ1) is 11.5. The highest BCUT2D eigenvalue weighted by atomic mass is 15.3. The molecular weight excluding hydrogens is 304 g/mol. The molecule has 3 aromatic heterocycles. The van der Waals surface area contributed by atoms with Gasteiger partial charge in [0.2, 0.25) is 0 Å². The molecule has 24 heavy (non-hydrogen) atoms. The quantitative estimate of drug-likeness (QED) is 0.790. The van der Waals surface area contributed by atoms with Crippen molar-refractivity contribution in [1.82, 2.24) is 34.5 Å². The van der Waals surface area contributed by atoms with Gasteiger partial charge in [0.05, 0.1) is 11.6 Å². The van der Waals surface area contributed by atoms with Gasteiger partial charge in [-0.2, -0.15) is 5.10 Å². The Labute approximate surface area is 140 Å². The highest BCUT2D eigenvalue weighted by Crippen LogP contribution is 2.25. The van der Waals surface area contributed by atoms with Gasteiger partial charge in [0, 0.05) is 32.0 Å². The van der Waals surface area contributed by atoms with Crippen LogP contribution in [0, 0.1) is 6.92 Å². The van der Waals surface area contributed by atoms with E-state index in [-0.39, 0.29) is 0 Å². The molecule has 0 spiro atoms. The van der Waals surface area contributed by atoms with Crippen molar-refractivity contribution >= 4 is 16.9 Å². The van der Waals surface area contributed by atoms with E-state index in [0.717, 1.165) is 53.7 Å². The number of nitrogens with zero attached hydrogens (tertiary/aromatic N) is 7. The lowest BCUT2D eigenvalue weighted by Gasteiger charge is -2.26. The second kappa shape index (κ2) is 5.54. The first kappa shape index (κ1) is 15.0. The van der Waals surface area contributed by atoms with Crippen LogP contribution >= 0.6 is 0 Å². The second-order valence-electron chi connectivity index (χ2n) is 6.74. The molecule has 0 aliphatic carbocycles. The molecule has 4 rings (SSSR count). The number of nitrogens with one attached hydrogen (secondary N) is 1. The van der Waals surface area contributed by atoms with Crippen molar-refractivity contribution in [3.8, 4) is 0 Å². The summed E-state index contributed by atoms with van der Waals surface area (Å²) < 4.78 is 4.03. The van der Waals surface area contributed by atoms with E-state index in [1.54, 1.807) is 4.68 Å². The third-order valence-electron chi connectivity index (χ3n) is 4.54. The molecule has 0 radical (unpaired) electrons. The van der Waals surface area contributed by atoms with E-state index >= 15 is 0 Å². The minimum absolute atomic E-state index is 0.295. The number of hydrogen-bond acceptors (Lipinski definition) is 6. The molecule has 0 saturated carbocycles. The molecule has 0 saturated heterocycles. The fourth-order valence-electron chi connectivity index (χ4n) is 3.33.